The van der Waals surface area contributed by atoms with Crippen LogP contribution in [0.3, 0.4) is 0 Å². The fourth-order valence-electron chi connectivity index (χ4n) is 1.54. The molecule has 3 rings (SSSR count). The Labute approximate surface area is 97.6 Å². The van der Waals surface area contributed by atoms with E-state index in [4.69, 9.17) is 4.74 Å². The average Bonchev–Trinajstić information content (AvgIpc) is 2.75. The van der Waals surface area contributed by atoms with Gasteiger partial charge in [0.2, 0.25) is 5.88 Å². The first kappa shape index (κ1) is 10.5. The highest BCUT2D eigenvalue weighted by atomic mass is 33.1. The highest BCUT2D eigenvalue weighted by Gasteiger charge is 2.12. The van der Waals surface area contributed by atoms with Crippen LogP contribution in [0.15, 0.2) is 18.3 Å². The molecule has 0 saturated heterocycles. The van der Waals surface area contributed by atoms with E-state index in [1.807, 2.05) is 18.3 Å². The fourth-order valence-corrected chi connectivity index (χ4v) is 1.54. The van der Waals surface area contributed by atoms with Crippen molar-refractivity contribution in [3.05, 3.63) is 18.3 Å². The largest absolute Gasteiger partial charge is 0.474 e. The van der Waals surface area contributed by atoms with Gasteiger partial charge in [-0.1, -0.05) is 0 Å². The highest BCUT2D eigenvalue weighted by Crippen LogP contribution is 2.27. The van der Waals surface area contributed by atoms with E-state index in [1.54, 1.807) is 0 Å². The van der Waals surface area contributed by atoms with Crippen LogP contribution in [0, 0.1) is 0 Å². The summed E-state index contributed by atoms with van der Waals surface area (Å²) in [4.78, 5) is 7.39. The molecule has 3 heterocycles. The number of thiol groups is 2. The van der Waals surface area contributed by atoms with Crippen molar-refractivity contribution < 1.29 is 4.74 Å². The zero-order valence-electron chi connectivity index (χ0n) is 7.90. The minimum absolute atomic E-state index is 0.687. The van der Waals surface area contributed by atoms with E-state index >= 15 is 0 Å². The second kappa shape index (κ2) is 4.67. The van der Waals surface area contributed by atoms with Crippen LogP contribution in [0.5, 0.6) is 5.88 Å². The summed E-state index contributed by atoms with van der Waals surface area (Å²) in [6.07, 6.45) is 1.88. The predicted octanol–water partition coefficient (Wildman–Crippen LogP) is 2.13. The molecule has 0 saturated carbocycles. The number of fused-ring (bicyclic) bond motifs is 2. The molecule has 1 aliphatic heterocycles. The minimum atomic E-state index is 0.687. The number of aromatic amines is 1. The number of hydrogen-bond donors (Lipinski definition) is 4. The van der Waals surface area contributed by atoms with Gasteiger partial charge in [0.15, 0.2) is 0 Å². The lowest BCUT2D eigenvalue weighted by molar-refractivity contribution is 0.311. The Bertz CT molecular complexity index is 418. The van der Waals surface area contributed by atoms with Crippen LogP contribution in [-0.4, -0.2) is 23.1 Å². The van der Waals surface area contributed by atoms with Gasteiger partial charge in [-0.05, 0) is 12.1 Å². The number of hydrogen-bond acceptors (Lipinski definition) is 5. The number of pyridine rings is 1. The molecule has 0 amide bonds. The Kier molecular flexibility index (Phi) is 3.27. The standard InChI is InChI=1S/C9H9N3O.H2S2/c1-2-11-8-6(1)5-7-9(12-8)13-4-3-10-7;1-2/h1-2,5,10H,3-4H2,(H,11,12);1-2H. The number of aromatic nitrogens is 2. The first-order valence-corrected chi connectivity index (χ1v) is 6.08. The molecule has 80 valence electrons. The first-order valence-electron chi connectivity index (χ1n) is 4.48. The molecule has 0 fully saturated rings. The van der Waals surface area contributed by atoms with Gasteiger partial charge in [0.05, 0.1) is 5.69 Å². The van der Waals surface area contributed by atoms with E-state index in [2.05, 4.69) is 38.6 Å². The molecule has 0 atom stereocenters. The summed E-state index contributed by atoms with van der Waals surface area (Å²) in [6.45, 7) is 1.54. The lowest BCUT2D eigenvalue weighted by Crippen LogP contribution is -2.18. The van der Waals surface area contributed by atoms with Gasteiger partial charge < -0.3 is 15.0 Å². The van der Waals surface area contributed by atoms with Gasteiger partial charge in [0, 0.05) is 18.1 Å². The predicted molar refractivity (Wildman–Crippen MR) is 68.1 cm³/mol. The maximum absolute atomic E-state index is 5.41. The molecular formula is C9H11N3OS2. The molecular weight excluding hydrogens is 230 g/mol. The second-order valence-corrected chi connectivity index (χ2v) is 3.03. The molecule has 2 aromatic rings. The average molecular weight is 241 g/mol. The summed E-state index contributed by atoms with van der Waals surface area (Å²) < 4.78 is 5.41. The van der Waals surface area contributed by atoms with Crippen LogP contribution in [-0.2, 0) is 0 Å². The zero-order valence-corrected chi connectivity index (χ0v) is 9.69. The molecule has 2 N–H and O–H groups in total. The molecule has 1 aliphatic rings. The van der Waals surface area contributed by atoms with Crippen molar-refractivity contribution in [3.8, 4) is 5.88 Å². The normalized spacial score (nSPS) is 13.2. The number of ether oxygens (including phenoxy) is 1. The number of anilines is 1. The van der Waals surface area contributed by atoms with Crippen molar-refractivity contribution in [1.82, 2.24) is 9.97 Å². The Hall–Kier alpha value is -1.01. The van der Waals surface area contributed by atoms with Crippen LogP contribution in [0.4, 0.5) is 5.69 Å². The van der Waals surface area contributed by atoms with Gasteiger partial charge in [0.25, 0.3) is 0 Å². The molecule has 15 heavy (non-hydrogen) atoms. The quantitative estimate of drug-likeness (QED) is 0.422. The topological polar surface area (TPSA) is 49.9 Å². The summed E-state index contributed by atoms with van der Waals surface area (Å²) in [5.41, 5.74) is 1.86. The van der Waals surface area contributed by atoms with E-state index in [9.17, 15) is 0 Å². The lowest BCUT2D eigenvalue weighted by atomic mass is 10.3. The Morgan fingerprint density at radius 1 is 1.40 bits per heavy atom. The smallest absolute Gasteiger partial charge is 0.239 e. The van der Waals surface area contributed by atoms with E-state index in [1.165, 1.54) is 0 Å². The molecule has 2 aromatic heterocycles. The molecule has 0 bridgehead atoms. The molecule has 0 aromatic carbocycles. The summed E-state index contributed by atoms with van der Waals surface area (Å²) in [7, 11) is 0. The molecule has 4 nitrogen and oxygen atoms in total. The second-order valence-electron chi connectivity index (χ2n) is 3.03. The monoisotopic (exact) mass is 241 g/mol. The van der Waals surface area contributed by atoms with Gasteiger partial charge in [-0.3, -0.25) is 0 Å². The summed E-state index contributed by atoms with van der Waals surface area (Å²) in [5, 5.41) is 4.35. The van der Waals surface area contributed by atoms with Crippen LogP contribution in [0.25, 0.3) is 11.0 Å². The van der Waals surface area contributed by atoms with Crippen molar-refractivity contribution in [2.75, 3.05) is 18.5 Å². The van der Waals surface area contributed by atoms with Crippen LogP contribution < -0.4 is 10.1 Å². The van der Waals surface area contributed by atoms with Gasteiger partial charge in [-0.15, -0.1) is 23.3 Å². The Morgan fingerprint density at radius 3 is 3.13 bits per heavy atom. The third kappa shape index (κ3) is 2.00. The molecule has 0 unspecified atom stereocenters. The summed E-state index contributed by atoms with van der Waals surface area (Å²) >= 11 is 6.44. The van der Waals surface area contributed by atoms with E-state index in [-0.39, 0.29) is 0 Å². The maximum Gasteiger partial charge on any atom is 0.239 e. The van der Waals surface area contributed by atoms with Crippen molar-refractivity contribution in [3.63, 3.8) is 0 Å². The van der Waals surface area contributed by atoms with E-state index in [0.717, 1.165) is 23.3 Å². The molecule has 0 aliphatic carbocycles. The molecule has 6 heteroatoms. The lowest BCUT2D eigenvalue weighted by Gasteiger charge is -2.17. The van der Waals surface area contributed by atoms with Gasteiger partial charge >= 0.3 is 0 Å². The fraction of sp³-hybridized carbons (Fsp3) is 0.222. The summed E-state index contributed by atoms with van der Waals surface area (Å²) in [5.74, 6) is 0.696. The van der Waals surface area contributed by atoms with E-state index in [0.29, 0.717) is 12.5 Å². The van der Waals surface area contributed by atoms with E-state index < -0.39 is 0 Å². The van der Waals surface area contributed by atoms with Gasteiger partial charge in [-0.25, -0.2) is 0 Å². The maximum atomic E-state index is 5.41. The van der Waals surface area contributed by atoms with Gasteiger partial charge in [-0.2, -0.15) is 4.98 Å². The van der Waals surface area contributed by atoms with Crippen LogP contribution in [0.1, 0.15) is 0 Å². The third-order valence-corrected chi connectivity index (χ3v) is 2.16. The van der Waals surface area contributed by atoms with Crippen molar-refractivity contribution in [2.45, 2.75) is 0 Å². The van der Waals surface area contributed by atoms with Crippen molar-refractivity contribution in [1.29, 1.82) is 0 Å². The SMILES string of the molecule is SS.c1cc2cc3c(nc2[nH]1)OCCN3. The first-order chi connectivity index (χ1) is 7.43. The minimum Gasteiger partial charge on any atom is -0.474 e. The highest BCUT2D eigenvalue weighted by molar-refractivity contribution is 8.59. The summed E-state index contributed by atoms with van der Waals surface area (Å²) in [6, 6.07) is 4.05. The number of nitrogens with zero attached hydrogens (tertiary/aromatic N) is 1. The number of nitrogens with one attached hydrogen (secondary N) is 2. The van der Waals surface area contributed by atoms with Crippen molar-refractivity contribution in [2.24, 2.45) is 0 Å². The third-order valence-electron chi connectivity index (χ3n) is 2.16. The van der Waals surface area contributed by atoms with Crippen LogP contribution >= 0.6 is 23.3 Å². The van der Waals surface area contributed by atoms with Crippen molar-refractivity contribution >= 4 is 40.0 Å². The zero-order chi connectivity index (χ0) is 10.7. The molecule has 0 radical (unpaired) electrons. The Balaban J connectivity index is 0.000000404. The van der Waals surface area contributed by atoms with Crippen LogP contribution in [0.2, 0.25) is 0 Å². The Morgan fingerprint density at radius 2 is 2.27 bits per heavy atom. The number of rotatable bonds is 0. The molecule has 0 spiro atoms. The number of H-pyrrole nitrogens is 1. The van der Waals surface area contributed by atoms with Gasteiger partial charge in [0.1, 0.15) is 12.3 Å².